The number of carbonyl (C=O) groups is 2. The van der Waals surface area contributed by atoms with Crippen LogP contribution in [-0.2, 0) is 9.53 Å². The maximum Gasteiger partial charge on any atom is 0.337 e. The summed E-state index contributed by atoms with van der Waals surface area (Å²) in [4.78, 5) is 27.3. The molecule has 3 rings (SSSR count). The average Bonchev–Trinajstić information content (AvgIpc) is 3.00. The van der Waals surface area contributed by atoms with Gasteiger partial charge in [-0.2, -0.15) is 0 Å². The fraction of sp³-hybridized carbons (Fsp3) is 0.174. The van der Waals surface area contributed by atoms with Gasteiger partial charge in [-0.15, -0.1) is 0 Å². The first-order chi connectivity index (χ1) is 13.9. The van der Waals surface area contributed by atoms with Gasteiger partial charge in [0.15, 0.2) is 0 Å². The predicted octanol–water partition coefficient (Wildman–Crippen LogP) is 4.59. The first-order valence-corrected chi connectivity index (χ1v) is 9.18. The highest BCUT2D eigenvalue weighted by Gasteiger charge is 2.11. The van der Waals surface area contributed by atoms with Crippen LogP contribution in [0.15, 0.2) is 59.6 Å². The molecule has 0 aliphatic rings. The number of aromatic nitrogens is 1. The third kappa shape index (κ3) is 4.60. The molecule has 0 saturated heterocycles. The minimum absolute atomic E-state index is 0.103. The van der Waals surface area contributed by atoms with Gasteiger partial charge in [0.2, 0.25) is 5.91 Å². The van der Waals surface area contributed by atoms with Crippen molar-refractivity contribution in [1.82, 2.24) is 4.57 Å². The maximum absolute atomic E-state index is 11.6. The average molecular weight is 389 g/mol. The second-order valence-corrected chi connectivity index (χ2v) is 6.69. The van der Waals surface area contributed by atoms with Crippen LogP contribution in [0, 0.1) is 13.8 Å². The van der Waals surface area contributed by atoms with Crippen molar-refractivity contribution in [3.8, 4) is 5.69 Å². The fourth-order valence-corrected chi connectivity index (χ4v) is 3.16. The van der Waals surface area contributed by atoms with E-state index >= 15 is 0 Å². The minimum atomic E-state index is -0.352. The highest BCUT2D eigenvalue weighted by atomic mass is 16.5. The number of amides is 1. The maximum atomic E-state index is 11.6. The summed E-state index contributed by atoms with van der Waals surface area (Å²) in [7, 11) is 1.37. The Bertz CT molecular complexity index is 1060. The van der Waals surface area contributed by atoms with Crippen LogP contribution < -0.4 is 5.32 Å². The van der Waals surface area contributed by atoms with Gasteiger partial charge in [-0.1, -0.05) is 0 Å². The number of anilines is 1. The quantitative estimate of drug-likeness (QED) is 0.512. The SMILES string of the molecule is COC(=O)c1ccc(-n2c(C)cc(C=Nc3ccc(NC(C)=O)cc3)c2C)cc1. The van der Waals surface area contributed by atoms with Gasteiger partial charge in [-0.3, -0.25) is 9.79 Å². The number of aryl methyl sites for hydroxylation is 1. The van der Waals surface area contributed by atoms with Gasteiger partial charge in [-0.25, -0.2) is 4.79 Å². The molecule has 6 nitrogen and oxygen atoms in total. The molecule has 0 aliphatic heterocycles. The molecule has 0 radical (unpaired) electrons. The van der Waals surface area contributed by atoms with E-state index in [1.807, 2.05) is 56.5 Å². The van der Waals surface area contributed by atoms with Crippen LogP contribution in [0.4, 0.5) is 11.4 Å². The van der Waals surface area contributed by atoms with Gasteiger partial charge in [-0.05, 0) is 68.4 Å². The van der Waals surface area contributed by atoms with Crippen molar-refractivity contribution in [2.75, 3.05) is 12.4 Å². The van der Waals surface area contributed by atoms with E-state index in [9.17, 15) is 9.59 Å². The molecule has 6 heteroatoms. The Labute approximate surface area is 169 Å². The number of esters is 1. The van der Waals surface area contributed by atoms with E-state index in [1.54, 1.807) is 12.1 Å². The lowest BCUT2D eigenvalue weighted by atomic mass is 10.2. The molecular weight excluding hydrogens is 366 g/mol. The number of hydrogen-bond donors (Lipinski definition) is 1. The summed E-state index contributed by atoms with van der Waals surface area (Å²) in [5, 5.41) is 2.74. The van der Waals surface area contributed by atoms with Gasteiger partial charge in [0.25, 0.3) is 0 Å². The molecular formula is C23H23N3O3. The smallest absolute Gasteiger partial charge is 0.337 e. The first kappa shape index (κ1) is 20.1. The number of ether oxygens (including phenoxy) is 1. The Kier molecular flexibility index (Phi) is 5.93. The van der Waals surface area contributed by atoms with Crippen LogP contribution in [0.3, 0.4) is 0 Å². The van der Waals surface area contributed by atoms with Gasteiger partial charge in [0, 0.05) is 41.5 Å². The molecule has 3 aromatic rings. The van der Waals surface area contributed by atoms with Crippen molar-refractivity contribution in [2.45, 2.75) is 20.8 Å². The molecule has 1 amide bonds. The molecule has 148 valence electrons. The number of aliphatic imine (C=N–C) groups is 1. The second kappa shape index (κ2) is 8.56. The van der Waals surface area contributed by atoms with E-state index in [0.717, 1.165) is 34.0 Å². The summed E-state index contributed by atoms with van der Waals surface area (Å²) in [6, 6.07) is 16.7. The van der Waals surface area contributed by atoms with E-state index in [0.29, 0.717) is 5.56 Å². The standard InChI is InChI=1S/C23H23N3O3/c1-15-13-19(14-24-20-7-9-21(10-8-20)25-17(3)27)16(2)26(15)22-11-5-18(6-12-22)23(28)29-4/h5-14H,1-4H3,(H,25,27). The third-order valence-electron chi connectivity index (χ3n) is 4.56. The monoisotopic (exact) mass is 389 g/mol. The summed E-state index contributed by atoms with van der Waals surface area (Å²) >= 11 is 0. The molecule has 0 atom stereocenters. The van der Waals surface area contributed by atoms with E-state index in [-0.39, 0.29) is 11.9 Å². The van der Waals surface area contributed by atoms with Crippen LogP contribution in [0.25, 0.3) is 5.69 Å². The van der Waals surface area contributed by atoms with Gasteiger partial charge in [0.1, 0.15) is 0 Å². The molecule has 0 bridgehead atoms. The van der Waals surface area contributed by atoms with Crippen molar-refractivity contribution >= 4 is 29.5 Å². The summed E-state index contributed by atoms with van der Waals surface area (Å²) in [6.45, 7) is 5.54. The molecule has 0 unspecified atom stereocenters. The van der Waals surface area contributed by atoms with Gasteiger partial charge in [0.05, 0.1) is 18.4 Å². The lowest BCUT2D eigenvalue weighted by Crippen LogP contribution is -2.04. The van der Waals surface area contributed by atoms with Crippen molar-refractivity contribution in [3.05, 3.63) is 77.1 Å². The Morgan fingerprint density at radius 3 is 2.28 bits per heavy atom. The van der Waals surface area contributed by atoms with Crippen LogP contribution in [0.5, 0.6) is 0 Å². The number of methoxy groups -OCH3 is 1. The van der Waals surface area contributed by atoms with Crippen molar-refractivity contribution in [2.24, 2.45) is 4.99 Å². The fourth-order valence-electron chi connectivity index (χ4n) is 3.16. The molecule has 29 heavy (non-hydrogen) atoms. The topological polar surface area (TPSA) is 72.7 Å². The molecule has 0 saturated carbocycles. The number of nitrogens with zero attached hydrogens (tertiary/aromatic N) is 2. The van der Waals surface area contributed by atoms with Crippen molar-refractivity contribution in [3.63, 3.8) is 0 Å². The van der Waals surface area contributed by atoms with E-state index in [4.69, 9.17) is 4.74 Å². The highest BCUT2D eigenvalue weighted by Crippen LogP contribution is 2.22. The van der Waals surface area contributed by atoms with E-state index in [2.05, 4.69) is 20.9 Å². The predicted molar refractivity (Wildman–Crippen MR) is 115 cm³/mol. The lowest BCUT2D eigenvalue weighted by Gasteiger charge is -2.10. The lowest BCUT2D eigenvalue weighted by molar-refractivity contribution is -0.114. The zero-order chi connectivity index (χ0) is 21.0. The summed E-state index contributed by atoms with van der Waals surface area (Å²) < 4.78 is 6.86. The molecule has 1 heterocycles. The van der Waals surface area contributed by atoms with E-state index < -0.39 is 0 Å². The van der Waals surface area contributed by atoms with Crippen LogP contribution in [0.1, 0.15) is 34.2 Å². The zero-order valence-corrected chi connectivity index (χ0v) is 16.9. The first-order valence-electron chi connectivity index (χ1n) is 9.18. The minimum Gasteiger partial charge on any atom is -0.465 e. The van der Waals surface area contributed by atoms with Crippen molar-refractivity contribution < 1.29 is 14.3 Å². The normalized spacial score (nSPS) is 10.9. The van der Waals surface area contributed by atoms with E-state index in [1.165, 1.54) is 14.0 Å². The zero-order valence-electron chi connectivity index (χ0n) is 16.9. The summed E-state index contributed by atoms with van der Waals surface area (Å²) in [5.74, 6) is -0.455. The largest absolute Gasteiger partial charge is 0.465 e. The van der Waals surface area contributed by atoms with Crippen LogP contribution in [-0.4, -0.2) is 29.8 Å². The Balaban J connectivity index is 1.83. The third-order valence-corrected chi connectivity index (χ3v) is 4.56. The number of benzene rings is 2. The molecule has 1 N–H and O–H groups in total. The molecule has 2 aromatic carbocycles. The van der Waals surface area contributed by atoms with Crippen LogP contribution >= 0.6 is 0 Å². The summed E-state index contributed by atoms with van der Waals surface area (Å²) in [6.07, 6.45) is 1.83. The van der Waals surface area contributed by atoms with Gasteiger partial charge >= 0.3 is 5.97 Å². The molecule has 0 spiro atoms. The molecule has 0 aliphatic carbocycles. The highest BCUT2D eigenvalue weighted by molar-refractivity contribution is 5.90. The number of nitrogens with one attached hydrogen (secondary N) is 1. The summed E-state index contributed by atoms with van der Waals surface area (Å²) in [5.41, 5.74) is 6.14. The van der Waals surface area contributed by atoms with Gasteiger partial charge < -0.3 is 14.6 Å². The second-order valence-electron chi connectivity index (χ2n) is 6.69. The van der Waals surface area contributed by atoms with Crippen LogP contribution in [0.2, 0.25) is 0 Å². The number of carbonyl (C=O) groups excluding carboxylic acids is 2. The Morgan fingerprint density at radius 1 is 1.03 bits per heavy atom. The molecule has 0 fully saturated rings. The number of hydrogen-bond acceptors (Lipinski definition) is 4. The molecule has 1 aromatic heterocycles. The van der Waals surface area contributed by atoms with Crippen molar-refractivity contribution in [1.29, 1.82) is 0 Å². The number of rotatable bonds is 5. The Hall–Kier alpha value is -3.67. The Morgan fingerprint density at radius 2 is 1.69 bits per heavy atom.